The summed E-state index contributed by atoms with van der Waals surface area (Å²) in [6, 6.07) is 14.0. The van der Waals surface area contributed by atoms with Crippen LogP contribution in [0.25, 0.3) is 10.6 Å². The normalized spacial score (nSPS) is 12.6. The van der Waals surface area contributed by atoms with Crippen LogP contribution in [-0.2, 0) is 4.79 Å². The fraction of sp³-hybridized carbons (Fsp3) is 0.304. The number of carbonyl (C=O) groups is 2. The molecule has 2 aromatic carbocycles. The fourth-order valence-corrected chi connectivity index (χ4v) is 3.69. The van der Waals surface area contributed by atoms with Crippen molar-refractivity contribution in [2.24, 2.45) is 5.92 Å². The van der Waals surface area contributed by atoms with Crippen molar-refractivity contribution in [2.45, 2.75) is 33.2 Å². The van der Waals surface area contributed by atoms with Gasteiger partial charge < -0.3 is 10.1 Å². The van der Waals surface area contributed by atoms with Gasteiger partial charge in [-0.2, -0.15) is 0 Å². The molecule has 2 atom stereocenters. The number of nitrogens with zero attached hydrogens (tertiary/aromatic N) is 2. The summed E-state index contributed by atoms with van der Waals surface area (Å²) in [5.74, 6) is 0.106. The first-order valence-electron chi connectivity index (χ1n) is 10.1. The molecule has 3 rings (SSSR count). The lowest BCUT2D eigenvalue weighted by Gasteiger charge is -2.23. The van der Waals surface area contributed by atoms with Crippen molar-refractivity contribution in [1.29, 1.82) is 0 Å². The molecule has 1 aromatic heterocycles. The number of hydrogen-bond donors (Lipinski definition) is 2. The topological polar surface area (TPSA) is 93.2 Å². The second-order valence-electron chi connectivity index (χ2n) is 7.33. The molecule has 7 nitrogen and oxygen atoms in total. The summed E-state index contributed by atoms with van der Waals surface area (Å²) >= 11 is 1.27. The molecule has 8 heteroatoms. The Morgan fingerprint density at radius 1 is 1.06 bits per heavy atom. The van der Waals surface area contributed by atoms with Gasteiger partial charge in [-0.25, -0.2) is 0 Å². The second kappa shape index (κ2) is 10.2. The lowest BCUT2D eigenvalue weighted by molar-refractivity contribution is -0.119. The molecule has 0 bridgehead atoms. The standard InChI is InChI=1S/C23H26N4O3S/c1-5-15(3)19(24-20(28)16-8-6-14(2)7-9-16)21(29)25-23-27-26-22(31-23)17-10-12-18(30-4)13-11-17/h6-13,15,19H,5H2,1-4H3,(H,24,28)(H,25,27,29). The highest BCUT2D eigenvalue weighted by Gasteiger charge is 2.27. The van der Waals surface area contributed by atoms with Crippen LogP contribution in [0.4, 0.5) is 5.13 Å². The van der Waals surface area contributed by atoms with Crippen molar-refractivity contribution in [3.63, 3.8) is 0 Å². The molecule has 3 aromatic rings. The van der Waals surface area contributed by atoms with Gasteiger partial charge in [0.2, 0.25) is 11.0 Å². The maximum absolute atomic E-state index is 13.0. The molecular formula is C23H26N4O3S. The Morgan fingerprint density at radius 2 is 1.74 bits per heavy atom. The summed E-state index contributed by atoms with van der Waals surface area (Å²) in [6.07, 6.45) is 0.736. The maximum Gasteiger partial charge on any atom is 0.251 e. The first kappa shape index (κ1) is 22.4. The number of methoxy groups -OCH3 is 1. The van der Waals surface area contributed by atoms with Crippen molar-refractivity contribution in [1.82, 2.24) is 15.5 Å². The number of ether oxygens (including phenoxy) is 1. The number of anilines is 1. The van der Waals surface area contributed by atoms with Gasteiger partial charge in [-0.3, -0.25) is 14.9 Å². The summed E-state index contributed by atoms with van der Waals surface area (Å²) in [5.41, 5.74) is 2.46. The number of benzene rings is 2. The van der Waals surface area contributed by atoms with E-state index in [1.54, 1.807) is 19.2 Å². The molecule has 2 N–H and O–H groups in total. The number of aromatic nitrogens is 2. The molecular weight excluding hydrogens is 412 g/mol. The first-order valence-corrected chi connectivity index (χ1v) is 10.9. The van der Waals surface area contributed by atoms with Gasteiger partial charge in [0.15, 0.2) is 0 Å². The number of amides is 2. The fourth-order valence-electron chi connectivity index (χ4n) is 2.94. The first-order chi connectivity index (χ1) is 14.9. The molecule has 2 amide bonds. The summed E-state index contributed by atoms with van der Waals surface area (Å²) in [6.45, 7) is 5.87. The molecule has 0 aliphatic rings. The van der Waals surface area contributed by atoms with Gasteiger partial charge in [0, 0.05) is 11.1 Å². The van der Waals surface area contributed by atoms with E-state index in [-0.39, 0.29) is 17.7 Å². The molecule has 0 aliphatic carbocycles. The lowest BCUT2D eigenvalue weighted by Crippen LogP contribution is -2.47. The molecule has 31 heavy (non-hydrogen) atoms. The molecule has 1 heterocycles. The Hall–Kier alpha value is -3.26. The van der Waals surface area contributed by atoms with E-state index < -0.39 is 6.04 Å². The number of rotatable bonds is 8. The summed E-state index contributed by atoms with van der Waals surface area (Å²) in [5, 5.41) is 15.0. The van der Waals surface area contributed by atoms with Gasteiger partial charge in [-0.1, -0.05) is 49.3 Å². The predicted molar refractivity (Wildman–Crippen MR) is 122 cm³/mol. The largest absolute Gasteiger partial charge is 0.497 e. The molecule has 2 unspecified atom stereocenters. The second-order valence-corrected chi connectivity index (χ2v) is 8.31. The highest BCUT2D eigenvalue weighted by atomic mass is 32.1. The zero-order valence-electron chi connectivity index (χ0n) is 18.0. The maximum atomic E-state index is 13.0. The molecule has 0 saturated heterocycles. The number of carbonyl (C=O) groups excluding carboxylic acids is 2. The van der Waals surface area contributed by atoms with Crippen molar-refractivity contribution >= 4 is 28.3 Å². The third-order valence-electron chi connectivity index (χ3n) is 5.09. The monoisotopic (exact) mass is 438 g/mol. The number of aryl methyl sites for hydroxylation is 1. The van der Waals surface area contributed by atoms with Gasteiger partial charge in [0.05, 0.1) is 7.11 Å². The molecule has 162 valence electrons. The van der Waals surface area contributed by atoms with Gasteiger partial charge >= 0.3 is 0 Å². The summed E-state index contributed by atoms with van der Waals surface area (Å²) < 4.78 is 5.17. The Balaban J connectivity index is 1.71. The van der Waals surface area contributed by atoms with Crippen molar-refractivity contribution in [2.75, 3.05) is 12.4 Å². The van der Waals surface area contributed by atoms with Crippen LogP contribution in [0.15, 0.2) is 48.5 Å². The van der Waals surface area contributed by atoms with E-state index in [1.807, 2.05) is 57.2 Å². The third kappa shape index (κ3) is 5.67. The van der Waals surface area contributed by atoms with Crippen molar-refractivity contribution in [3.05, 3.63) is 59.7 Å². The van der Waals surface area contributed by atoms with Crippen LogP contribution in [0.2, 0.25) is 0 Å². The van der Waals surface area contributed by atoms with E-state index in [9.17, 15) is 9.59 Å². The van der Waals surface area contributed by atoms with Crippen molar-refractivity contribution in [3.8, 4) is 16.3 Å². The molecule has 0 radical (unpaired) electrons. The zero-order valence-corrected chi connectivity index (χ0v) is 18.8. The van der Waals surface area contributed by atoms with E-state index in [0.717, 1.165) is 23.3 Å². The van der Waals surface area contributed by atoms with E-state index in [0.29, 0.717) is 15.7 Å². The van der Waals surface area contributed by atoms with Crippen LogP contribution in [0.5, 0.6) is 5.75 Å². The highest BCUT2D eigenvalue weighted by Crippen LogP contribution is 2.28. The van der Waals surface area contributed by atoms with Crippen LogP contribution >= 0.6 is 11.3 Å². The van der Waals surface area contributed by atoms with Gasteiger partial charge in [-0.05, 0) is 49.2 Å². The molecule has 0 aliphatic heterocycles. The zero-order chi connectivity index (χ0) is 22.4. The van der Waals surface area contributed by atoms with E-state index >= 15 is 0 Å². The molecule has 0 saturated carbocycles. The summed E-state index contributed by atoms with van der Waals surface area (Å²) in [7, 11) is 1.61. The smallest absolute Gasteiger partial charge is 0.251 e. The average Bonchev–Trinajstić information content (AvgIpc) is 3.25. The van der Waals surface area contributed by atoms with Gasteiger partial charge in [0.1, 0.15) is 16.8 Å². The molecule has 0 fully saturated rings. The lowest BCUT2D eigenvalue weighted by atomic mass is 9.98. The van der Waals surface area contributed by atoms with Crippen LogP contribution in [0.1, 0.15) is 36.2 Å². The van der Waals surface area contributed by atoms with E-state index in [2.05, 4.69) is 20.8 Å². The Labute approximate surface area is 185 Å². The quantitative estimate of drug-likeness (QED) is 0.547. The predicted octanol–water partition coefficient (Wildman–Crippen LogP) is 4.31. The van der Waals surface area contributed by atoms with E-state index in [1.165, 1.54) is 11.3 Å². The minimum atomic E-state index is -0.688. The Bertz CT molecular complexity index is 1030. The van der Waals surface area contributed by atoms with Crippen LogP contribution in [-0.4, -0.2) is 35.2 Å². The van der Waals surface area contributed by atoms with Crippen LogP contribution in [0, 0.1) is 12.8 Å². The van der Waals surface area contributed by atoms with Crippen molar-refractivity contribution < 1.29 is 14.3 Å². The number of nitrogens with one attached hydrogen (secondary N) is 2. The van der Waals surface area contributed by atoms with E-state index in [4.69, 9.17) is 4.74 Å². The minimum absolute atomic E-state index is 0.0524. The number of hydrogen-bond acceptors (Lipinski definition) is 6. The minimum Gasteiger partial charge on any atom is -0.497 e. The highest BCUT2D eigenvalue weighted by molar-refractivity contribution is 7.18. The van der Waals surface area contributed by atoms with Gasteiger partial charge in [-0.15, -0.1) is 10.2 Å². The average molecular weight is 439 g/mol. The van der Waals surface area contributed by atoms with Crippen LogP contribution < -0.4 is 15.4 Å². The molecule has 0 spiro atoms. The SMILES string of the molecule is CCC(C)C(NC(=O)c1ccc(C)cc1)C(=O)Nc1nnc(-c2ccc(OC)cc2)s1. The van der Waals surface area contributed by atoms with Crippen LogP contribution in [0.3, 0.4) is 0 Å². The van der Waals surface area contributed by atoms with Gasteiger partial charge in [0.25, 0.3) is 5.91 Å². The Morgan fingerprint density at radius 3 is 2.35 bits per heavy atom. The summed E-state index contributed by atoms with van der Waals surface area (Å²) in [4.78, 5) is 25.6. The third-order valence-corrected chi connectivity index (χ3v) is 5.98. The Kier molecular flexibility index (Phi) is 7.36.